The molecular formula is C25H41NO. The lowest BCUT2D eigenvalue weighted by Crippen LogP contribution is -2.35. The third kappa shape index (κ3) is 8.95. The van der Waals surface area contributed by atoms with Gasteiger partial charge in [0.1, 0.15) is 0 Å². The second-order valence-corrected chi connectivity index (χ2v) is 9.47. The van der Waals surface area contributed by atoms with Crippen molar-refractivity contribution in [2.75, 3.05) is 0 Å². The molecule has 1 N–H and O–H groups in total. The molecule has 2 heteroatoms. The largest absolute Gasteiger partial charge is 0.353 e. The van der Waals surface area contributed by atoms with E-state index in [2.05, 4.69) is 50.4 Å². The molecule has 0 aliphatic heterocycles. The molecule has 152 valence electrons. The SMILES string of the molecule is CC(C)(C)c1ccc(CCC(=O)NC2CCCCCCCCCCC2)cc1. The van der Waals surface area contributed by atoms with Gasteiger partial charge >= 0.3 is 0 Å². The van der Waals surface area contributed by atoms with Gasteiger partial charge in [-0.3, -0.25) is 4.79 Å². The monoisotopic (exact) mass is 371 g/mol. The van der Waals surface area contributed by atoms with Crippen molar-refractivity contribution in [2.45, 2.75) is 116 Å². The summed E-state index contributed by atoms with van der Waals surface area (Å²) in [5.74, 6) is 0.229. The van der Waals surface area contributed by atoms with Gasteiger partial charge in [0.2, 0.25) is 5.91 Å². The van der Waals surface area contributed by atoms with Crippen LogP contribution in [0.3, 0.4) is 0 Å². The summed E-state index contributed by atoms with van der Waals surface area (Å²) in [6.07, 6.45) is 15.9. The van der Waals surface area contributed by atoms with Gasteiger partial charge in [-0.2, -0.15) is 0 Å². The summed E-state index contributed by atoms with van der Waals surface area (Å²) < 4.78 is 0. The predicted molar refractivity (Wildman–Crippen MR) is 116 cm³/mol. The van der Waals surface area contributed by atoms with Crippen molar-refractivity contribution in [1.29, 1.82) is 0 Å². The number of rotatable bonds is 4. The van der Waals surface area contributed by atoms with Crippen LogP contribution in [0.2, 0.25) is 0 Å². The average Bonchev–Trinajstić information content (AvgIpc) is 2.62. The van der Waals surface area contributed by atoms with E-state index < -0.39 is 0 Å². The molecule has 1 aromatic carbocycles. The maximum Gasteiger partial charge on any atom is 0.220 e. The molecule has 0 aromatic heterocycles. The van der Waals surface area contributed by atoms with Crippen LogP contribution in [0, 0.1) is 0 Å². The maximum atomic E-state index is 12.5. The molecule has 1 saturated carbocycles. The Hall–Kier alpha value is -1.31. The summed E-state index contributed by atoms with van der Waals surface area (Å²) in [4.78, 5) is 12.5. The van der Waals surface area contributed by atoms with Crippen molar-refractivity contribution < 1.29 is 4.79 Å². The van der Waals surface area contributed by atoms with Crippen LogP contribution >= 0.6 is 0 Å². The molecule has 0 bridgehead atoms. The highest BCUT2D eigenvalue weighted by Gasteiger charge is 2.14. The molecule has 0 radical (unpaired) electrons. The molecule has 2 nitrogen and oxygen atoms in total. The van der Waals surface area contributed by atoms with Crippen molar-refractivity contribution in [1.82, 2.24) is 5.32 Å². The van der Waals surface area contributed by atoms with E-state index in [1.807, 2.05) is 0 Å². The van der Waals surface area contributed by atoms with Crippen LogP contribution in [0.4, 0.5) is 0 Å². The van der Waals surface area contributed by atoms with Gasteiger partial charge in [-0.15, -0.1) is 0 Å². The van der Waals surface area contributed by atoms with Gasteiger partial charge in [0.25, 0.3) is 0 Å². The minimum absolute atomic E-state index is 0.184. The fourth-order valence-corrected chi connectivity index (χ4v) is 4.04. The molecule has 0 spiro atoms. The molecule has 1 aliphatic carbocycles. The van der Waals surface area contributed by atoms with E-state index in [4.69, 9.17) is 0 Å². The third-order valence-electron chi connectivity index (χ3n) is 5.93. The molecule has 2 rings (SSSR count). The van der Waals surface area contributed by atoms with E-state index in [0.29, 0.717) is 12.5 Å². The van der Waals surface area contributed by atoms with E-state index in [0.717, 1.165) is 19.3 Å². The Morgan fingerprint density at radius 2 is 1.33 bits per heavy atom. The van der Waals surface area contributed by atoms with Crippen LogP contribution < -0.4 is 5.32 Å². The first-order valence-corrected chi connectivity index (χ1v) is 11.3. The molecule has 1 aromatic rings. The molecule has 0 heterocycles. The zero-order chi connectivity index (χ0) is 19.5. The first-order chi connectivity index (χ1) is 12.9. The fraction of sp³-hybridized carbons (Fsp3) is 0.720. The number of aryl methyl sites for hydroxylation is 1. The standard InChI is InChI=1S/C25H41NO/c1-25(2,3)22-18-15-21(16-19-22)17-20-24(27)26-23-13-11-9-7-5-4-6-8-10-12-14-23/h15-16,18-19,23H,4-14,17,20H2,1-3H3,(H,26,27). The highest BCUT2D eigenvalue weighted by atomic mass is 16.1. The normalized spacial score (nSPS) is 18.3. The van der Waals surface area contributed by atoms with E-state index in [-0.39, 0.29) is 11.3 Å². The van der Waals surface area contributed by atoms with Crippen LogP contribution in [0.15, 0.2) is 24.3 Å². The van der Waals surface area contributed by atoms with Gasteiger partial charge in [-0.1, -0.05) is 103 Å². The minimum atomic E-state index is 0.184. The summed E-state index contributed by atoms with van der Waals surface area (Å²) in [6, 6.07) is 9.17. The van der Waals surface area contributed by atoms with Crippen molar-refractivity contribution >= 4 is 5.91 Å². The van der Waals surface area contributed by atoms with Crippen LogP contribution in [0.1, 0.15) is 109 Å². The summed E-state index contributed by atoms with van der Waals surface area (Å²) in [5.41, 5.74) is 2.80. The summed E-state index contributed by atoms with van der Waals surface area (Å²) in [7, 11) is 0. The molecule has 27 heavy (non-hydrogen) atoms. The van der Waals surface area contributed by atoms with Crippen LogP contribution in [0.5, 0.6) is 0 Å². The average molecular weight is 372 g/mol. The van der Waals surface area contributed by atoms with Crippen molar-refractivity contribution in [3.05, 3.63) is 35.4 Å². The maximum absolute atomic E-state index is 12.5. The van der Waals surface area contributed by atoms with Gasteiger partial charge < -0.3 is 5.32 Å². The van der Waals surface area contributed by atoms with E-state index in [1.165, 1.54) is 68.9 Å². The van der Waals surface area contributed by atoms with Gasteiger partial charge in [0.15, 0.2) is 0 Å². The van der Waals surface area contributed by atoms with Crippen LogP contribution in [-0.4, -0.2) is 11.9 Å². The number of hydrogen-bond acceptors (Lipinski definition) is 1. The molecule has 1 aliphatic rings. The van der Waals surface area contributed by atoms with Crippen molar-refractivity contribution in [3.8, 4) is 0 Å². The number of hydrogen-bond donors (Lipinski definition) is 1. The molecule has 1 amide bonds. The molecule has 0 atom stereocenters. The molecule has 0 unspecified atom stereocenters. The number of carbonyl (C=O) groups is 1. The lowest BCUT2D eigenvalue weighted by atomic mass is 9.86. The van der Waals surface area contributed by atoms with E-state index >= 15 is 0 Å². The number of nitrogens with one attached hydrogen (secondary N) is 1. The Kier molecular flexibility index (Phi) is 9.38. The zero-order valence-corrected chi connectivity index (χ0v) is 18.0. The van der Waals surface area contributed by atoms with Gasteiger partial charge in [-0.05, 0) is 35.8 Å². The van der Waals surface area contributed by atoms with Crippen molar-refractivity contribution in [3.63, 3.8) is 0 Å². The quantitative estimate of drug-likeness (QED) is 0.626. The molecule has 0 saturated heterocycles. The summed E-state index contributed by atoms with van der Waals surface area (Å²) in [5, 5.41) is 3.34. The Labute approximate surface area is 167 Å². The summed E-state index contributed by atoms with van der Waals surface area (Å²) in [6.45, 7) is 6.70. The van der Waals surface area contributed by atoms with E-state index in [1.54, 1.807) is 0 Å². The van der Waals surface area contributed by atoms with Crippen LogP contribution in [-0.2, 0) is 16.6 Å². The Morgan fingerprint density at radius 3 is 1.81 bits per heavy atom. The number of carbonyl (C=O) groups excluding carboxylic acids is 1. The second-order valence-electron chi connectivity index (χ2n) is 9.47. The highest BCUT2D eigenvalue weighted by molar-refractivity contribution is 5.76. The van der Waals surface area contributed by atoms with Crippen LogP contribution in [0.25, 0.3) is 0 Å². The summed E-state index contributed by atoms with van der Waals surface area (Å²) >= 11 is 0. The van der Waals surface area contributed by atoms with Crippen molar-refractivity contribution in [2.24, 2.45) is 0 Å². The highest BCUT2D eigenvalue weighted by Crippen LogP contribution is 2.22. The first kappa shape index (κ1) is 22.0. The molecule has 1 fully saturated rings. The Balaban J connectivity index is 1.76. The Morgan fingerprint density at radius 1 is 0.852 bits per heavy atom. The lowest BCUT2D eigenvalue weighted by molar-refractivity contribution is -0.121. The lowest BCUT2D eigenvalue weighted by Gasteiger charge is -2.20. The van der Waals surface area contributed by atoms with Gasteiger partial charge in [0.05, 0.1) is 0 Å². The fourth-order valence-electron chi connectivity index (χ4n) is 4.04. The Bertz CT molecular complexity index is 528. The topological polar surface area (TPSA) is 29.1 Å². The first-order valence-electron chi connectivity index (χ1n) is 11.3. The van der Waals surface area contributed by atoms with Gasteiger partial charge in [-0.25, -0.2) is 0 Å². The number of amides is 1. The second kappa shape index (κ2) is 11.5. The van der Waals surface area contributed by atoms with Gasteiger partial charge in [0, 0.05) is 12.5 Å². The smallest absolute Gasteiger partial charge is 0.220 e. The third-order valence-corrected chi connectivity index (χ3v) is 5.93. The zero-order valence-electron chi connectivity index (χ0n) is 18.0. The minimum Gasteiger partial charge on any atom is -0.353 e. The number of benzene rings is 1. The predicted octanol–water partition coefficient (Wildman–Crippen LogP) is 6.71. The van der Waals surface area contributed by atoms with E-state index in [9.17, 15) is 4.79 Å². The molecular weight excluding hydrogens is 330 g/mol.